The third kappa shape index (κ3) is 4.10. The number of aliphatic carboxylic acids is 1. The van der Waals surface area contributed by atoms with Gasteiger partial charge in [0.05, 0.1) is 6.10 Å². The van der Waals surface area contributed by atoms with E-state index in [1.165, 1.54) is 0 Å². The van der Waals surface area contributed by atoms with Crippen LogP contribution in [0, 0.1) is 5.92 Å². The molecule has 0 spiro atoms. The van der Waals surface area contributed by atoms with E-state index in [4.69, 9.17) is 9.84 Å². The monoisotopic (exact) mass is 229 g/mol. The van der Waals surface area contributed by atoms with E-state index in [2.05, 4.69) is 12.2 Å². The molecule has 2 N–H and O–H groups in total. The minimum atomic E-state index is -0.751. The Bertz CT molecular complexity index is 214. The second-order valence-electron chi connectivity index (χ2n) is 4.63. The highest BCUT2D eigenvalue weighted by Gasteiger charge is 2.25. The topological polar surface area (TPSA) is 58.6 Å². The number of hydrogen-bond acceptors (Lipinski definition) is 3. The Hall–Kier alpha value is -0.610. The Labute approximate surface area is 97.4 Å². The van der Waals surface area contributed by atoms with Crippen LogP contribution in [-0.4, -0.2) is 36.4 Å². The summed E-state index contributed by atoms with van der Waals surface area (Å²) < 4.78 is 5.47. The number of nitrogens with one attached hydrogen (secondary N) is 1. The van der Waals surface area contributed by atoms with Gasteiger partial charge in [0.15, 0.2) is 0 Å². The van der Waals surface area contributed by atoms with Crippen LogP contribution in [0.25, 0.3) is 0 Å². The van der Waals surface area contributed by atoms with Crippen molar-refractivity contribution in [1.29, 1.82) is 0 Å². The van der Waals surface area contributed by atoms with Crippen molar-refractivity contribution in [3.63, 3.8) is 0 Å². The van der Waals surface area contributed by atoms with Gasteiger partial charge in [-0.25, -0.2) is 0 Å². The smallest absolute Gasteiger partial charge is 0.320 e. The first-order chi connectivity index (χ1) is 7.65. The van der Waals surface area contributed by atoms with Gasteiger partial charge < -0.3 is 15.2 Å². The fraction of sp³-hybridized carbons (Fsp3) is 0.917. The average molecular weight is 229 g/mol. The summed E-state index contributed by atoms with van der Waals surface area (Å²) in [7, 11) is 0. The van der Waals surface area contributed by atoms with Gasteiger partial charge in [0, 0.05) is 13.2 Å². The van der Waals surface area contributed by atoms with E-state index >= 15 is 0 Å². The SMILES string of the molecule is CCCC(C)C(NCC1CCCO1)C(=O)O. The zero-order valence-electron chi connectivity index (χ0n) is 10.2. The fourth-order valence-electron chi connectivity index (χ4n) is 2.22. The molecule has 1 rings (SSSR count). The van der Waals surface area contributed by atoms with Gasteiger partial charge in [0.25, 0.3) is 0 Å². The molecular weight excluding hydrogens is 206 g/mol. The van der Waals surface area contributed by atoms with Gasteiger partial charge in [-0.2, -0.15) is 0 Å². The Morgan fingerprint density at radius 3 is 2.88 bits per heavy atom. The van der Waals surface area contributed by atoms with Crippen LogP contribution < -0.4 is 5.32 Å². The third-order valence-corrected chi connectivity index (χ3v) is 3.17. The first kappa shape index (κ1) is 13.5. The van der Waals surface area contributed by atoms with E-state index in [1.807, 2.05) is 6.92 Å². The van der Waals surface area contributed by atoms with Gasteiger partial charge >= 0.3 is 5.97 Å². The summed E-state index contributed by atoms with van der Waals surface area (Å²) in [6, 6.07) is -0.441. The lowest BCUT2D eigenvalue weighted by atomic mass is 9.97. The molecule has 3 atom stereocenters. The highest BCUT2D eigenvalue weighted by atomic mass is 16.5. The summed E-state index contributed by atoms with van der Waals surface area (Å²) in [6.45, 7) is 5.54. The average Bonchev–Trinajstić information content (AvgIpc) is 2.70. The number of carbonyl (C=O) groups is 1. The van der Waals surface area contributed by atoms with Gasteiger partial charge in [0.1, 0.15) is 6.04 Å². The van der Waals surface area contributed by atoms with Crippen LogP contribution in [0.3, 0.4) is 0 Å². The molecule has 1 fully saturated rings. The van der Waals surface area contributed by atoms with E-state index in [0.29, 0.717) is 6.54 Å². The highest BCUT2D eigenvalue weighted by Crippen LogP contribution is 2.14. The molecule has 16 heavy (non-hydrogen) atoms. The summed E-state index contributed by atoms with van der Waals surface area (Å²) in [4.78, 5) is 11.1. The molecule has 0 aliphatic carbocycles. The van der Waals surface area contributed by atoms with Crippen molar-refractivity contribution in [2.45, 2.75) is 51.7 Å². The van der Waals surface area contributed by atoms with Crippen LogP contribution in [-0.2, 0) is 9.53 Å². The van der Waals surface area contributed by atoms with E-state index in [9.17, 15) is 4.79 Å². The Balaban J connectivity index is 2.34. The predicted molar refractivity (Wildman–Crippen MR) is 62.5 cm³/mol. The molecule has 3 unspecified atom stereocenters. The lowest BCUT2D eigenvalue weighted by Crippen LogP contribution is -2.44. The summed E-state index contributed by atoms with van der Waals surface area (Å²) in [5.41, 5.74) is 0. The Morgan fingerprint density at radius 1 is 1.62 bits per heavy atom. The van der Waals surface area contributed by atoms with Gasteiger partial charge in [-0.1, -0.05) is 20.3 Å². The molecule has 0 bridgehead atoms. The molecule has 1 aliphatic rings. The van der Waals surface area contributed by atoms with Crippen LogP contribution in [0.2, 0.25) is 0 Å². The first-order valence-corrected chi connectivity index (χ1v) is 6.23. The van der Waals surface area contributed by atoms with E-state index in [-0.39, 0.29) is 12.0 Å². The van der Waals surface area contributed by atoms with Gasteiger partial charge in [-0.15, -0.1) is 0 Å². The van der Waals surface area contributed by atoms with E-state index < -0.39 is 12.0 Å². The molecule has 1 aliphatic heterocycles. The molecule has 1 saturated heterocycles. The summed E-state index contributed by atoms with van der Waals surface area (Å²) in [5, 5.41) is 12.3. The van der Waals surface area contributed by atoms with Crippen molar-refractivity contribution in [2.24, 2.45) is 5.92 Å². The van der Waals surface area contributed by atoms with Crippen molar-refractivity contribution in [1.82, 2.24) is 5.32 Å². The van der Waals surface area contributed by atoms with E-state index in [1.54, 1.807) is 0 Å². The second-order valence-corrected chi connectivity index (χ2v) is 4.63. The molecule has 1 heterocycles. The lowest BCUT2D eigenvalue weighted by molar-refractivity contribution is -0.141. The zero-order chi connectivity index (χ0) is 12.0. The van der Waals surface area contributed by atoms with Crippen molar-refractivity contribution in [2.75, 3.05) is 13.2 Å². The predicted octanol–water partition coefficient (Wildman–Crippen LogP) is 1.64. The lowest BCUT2D eigenvalue weighted by Gasteiger charge is -2.22. The Morgan fingerprint density at radius 2 is 2.38 bits per heavy atom. The van der Waals surface area contributed by atoms with Gasteiger partial charge in [0.2, 0.25) is 0 Å². The van der Waals surface area contributed by atoms with Crippen LogP contribution in [0.5, 0.6) is 0 Å². The normalized spacial score (nSPS) is 24.2. The molecular formula is C12H23NO3. The maximum atomic E-state index is 11.1. The molecule has 4 heteroatoms. The highest BCUT2D eigenvalue weighted by molar-refractivity contribution is 5.73. The molecule has 0 saturated carbocycles. The number of carboxylic acid groups (broad SMARTS) is 1. The summed E-state index contributed by atoms with van der Waals surface area (Å²) in [5.74, 6) is -0.581. The van der Waals surface area contributed by atoms with Crippen molar-refractivity contribution in [3.05, 3.63) is 0 Å². The zero-order valence-corrected chi connectivity index (χ0v) is 10.2. The second kappa shape index (κ2) is 6.86. The molecule has 94 valence electrons. The fourth-order valence-corrected chi connectivity index (χ4v) is 2.22. The third-order valence-electron chi connectivity index (χ3n) is 3.17. The molecule has 0 aromatic carbocycles. The summed E-state index contributed by atoms with van der Waals surface area (Å²) >= 11 is 0. The van der Waals surface area contributed by atoms with Crippen molar-refractivity contribution in [3.8, 4) is 0 Å². The summed E-state index contributed by atoms with van der Waals surface area (Å²) in [6.07, 6.45) is 4.30. The Kier molecular flexibility index (Phi) is 5.77. The minimum absolute atomic E-state index is 0.170. The first-order valence-electron chi connectivity index (χ1n) is 6.23. The maximum Gasteiger partial charge on any atom is 0.320 e. The number of rotatable bonds is 7. The minimum Gasteiger partial charge on any atom is -0.480 e. The van der Waals surface area contributed by atoms with Gasteiger partial charge in [-0.05, 0) is 25.2 Å². The molecule has 0 radical (unpaired) electrons. The molecule has 0 aromatic heterocycles. The van der Waals surface area contributed by atoms with E-state index in [0.717, 1.165) is 32.3 Å². The van der Waals surface area contributed by atoms with Crippen LogP contribution in [0.15, 0.2) is 0 Å². The molecule has 0 amide bonds. The largest absolute Gasteiger partial charge is 0.480 e. The number of hydrogen-bond donors (Lipinski definition) is 2. The van der Waals surface area contributed by atoms with Gasteiger partial charge in [-0.3, -0.25) is 4.79 Å². The van der Waals surface area contributed by atoms with Crippen molar-refractivity contribution >= 4 is 5.97 Å². The van der Waals surface area contributed by atoms with Crippen LogP contribution >= 0.6 is 0 Å². The molecule has 0 aromatic rings. The maximum absolute atomic E-state index is 11.1. The quantitative estimate of drug-likeness (QED) is 0.697. The molecule has 4 nitrogen and oxygen atoms in total. The van der Waals surface area contributed by atoms with Crippen molar-refractivity contribution < 1.29 is 14.6 Å². The van der Waals surface area contributed by atoms with Crippen LogP contribution in [0.1, 0.15) is 39.5 Å². The standard InChI is InChI=1S/C12H23NO3/c1-3-5-9(2)11(12(14)15)13-8-10-6-4-7-16-10/h9-11,13H,3-8H2,1-2H3,(H,14,15). The number of ether oxygens (including phenoxy) is 1. The number of carboxylic acids is 1. The van der Waals surface area contributed by atoms with Crippen LogP contribution in [0.4, 0.5) is 0 Å².